The molecule has 0 saturated carbocycles. The van der Waals surface area contributed by atoms with Crippen molar-refractivity contribution in [3.63, 3.8) is 0 Å². The number of aromatic nitrogens is 6. The van der Waals surface area contributed by atoms with Crippen molar-refractivity contribution in [3.05, 3.63) is 52.9 Å². The molecule has 7 saturated heterocycles. The lowest BCUT2D eigenvalue weighted by Gasteiger charge is -2.36. The van der Waals surface area contributed by atoms with Crippen LogP contribution in [0, 0.1) is 0 Å². The third-order valence-corrected chi connectivity index (χ3v) is 14.8. The molecule has 0 radical (unpaired) electrons. The number of ether oxygens (including phenoxy) is 4. The molecule has 4 bridgehead atoms. The minimum absolute atomic E-state index is 0.0583. The van der Waals surface area contributed by atoms with Crippen molar-refractivity contribution >= 4 is 65.7 Å². The zero-order valence-electron chi connectivity index (χ0n) is 42.7. The molecule has 25 heteroatoms. The summed E-state index contributed by atoms with van der Waals surface area (Å²) in [4.78, 5) is 41.5. The second-order valence-electron chi connectivity index (χ2n) is 20.4. The van der Waals surface area contributed by atoms with Crippen LogP contribution in [0.5, 0.6) is 0 Å². The summed E-state index contributed by atoms with van der Waals surface area (Å²) >= 11 is 6.24. The number of halogens is 5. The molecule has 0 amide bonds. The summed E-state index contributed by atoms with van der Waals surface area (Å²) in [6, 6.07) is 7.28. The molecule has 0 aliphatic carbocycles. The highest BCUT2D eigenvalue weighted by Crippen LogP contribution is 2.40. The average Bonchev–Trinajstić information content (AvgIpc) is 3.89. The fourth-order valence-corrected chi connectivity index (χ4v) is 10.1. The maximum atomic E-state index is 13.8. The smallest absolute Gasteiger partial charge is 0.399 e. The number of hydrogen-bond acceptors (Lipinski definition) is 18. The van der Waals surface area contributed by atoms with Crippen molar-refractivity contribution < 1.29 is 45.8 Å². The molecule has 2 N–H and O–H groups in total. The van der Waals surface area contributed by atoms with Gasteiger partial charge in [-0.25, -0.2) is 42.5 Å². The van der Waals surface area contributed by atoms with Crippen molar-refractivity contribution in [1.82, 2.24) is 34.8 Å². The number of rotatable bonds is 10. The number of hydrogen-bond donors (Lipinski definition) is 1. The average molecular weight is 1050 g/mol. The number of alkyl halides is 4. The fourth-order valence-electron chi connectivity index (χ4n) is 9.96. The molecular weight excluding hydrogens is 989 g/mol. The SMILES string of the molecule is CN(C)C=Nc1cc(C(F)F)c(B2OC(C)(C)C(C)(C)O2)cn1.Clc1cc(N2CCOCC2)nc(N2C3CCC2COC3)n1.Nc1cc(C(F)F)c(-c2cc(N3CCOCC3)nc(N3C4CCC3COC4)n2)cn1. The van der Waals surface area contributed by atoms with Crippen LogP contribution in [-0.2, 0) is 28.3 Å². The maximum Gasteiger partial charge on any atom is 0.496 e. The van der Waals surface area contributed by atoms with Crippen LogP contribution < -0.4 is 30.8 Å². The molecule has 11 heterocycles. The number of nitrogens with zero attached hydrogens (tertiary/aromatic N) is 12. The summed E-state index contributed by atoms with van der Waals surface area (Å²) in [6.45, 7) is 16.0. The third-order valence-electron chi connectivity index (χ3n) is 14.6. The van der Waals surface area contributed by atoms with E-state index in [0.717, 1.165) is 77.0 Å². The van der Waals surface area contributed by atoms with Gasteiger partial charge in [-0.2, -0.15) is 9.97 Å². The van der Waals surface area contributed by atoms with Crippen LogP contribution in [0.15, 0.2) is 41.7 Å². The summed E-state index contributed by atoms with van der Waals surface area (Å²) in [5.41, 5.74) is 5.05. The second kappa shape index (κ2) is 22.9. The summed E-state index contributed by atoms with van der Waals surface area (Å²) in [7, 11) is 2.70. The zero-order chi connectivity index (χ0) is 52.3. The number of pyridine rings is 2. The molecule has 4 aromatic heterocycles. The molecule has 7 aliphatic heterocycles. The second-order valence-corrected chi connectivity index (χ2v) is 20.8. The van der Waals surface area contributed by atoms with Crippen LogP contribution in [-0.4, -0.2) is 177 Å². The van der Waals surface area contributed by atoms with Gasteiger partial charge in [-0.05, 0) is 65.5 Å². The minimum Gasteiger partial charge on any atom is -0.399 e. The fraction of sp³-hybridized carbons (Fsp3) is 0.612. The molecule has 11 rings (SSSR count). The highest BCUT2D eigenvalue weighted by atomic mass is 35.5. The first-order chi connectivity index (χ1) is 35.4. The minimum atomic E-state index is -2.69. The van der Waals surface area contributed by atoms with Gasteiger partial charge in [0.25, 0.3) is 12.9 Å². The van der Waals surface area contributed by atoms with E-state index >= 15 is 0 Å². The van der Waals surface area contributed by atoms with Gasteiger partial charge in [0.15, 0.2) is 5.82 Å². The lowest BCUT2D eigenvalue weighted by atomic mass is 9.77. The summed E-state index contributed by atoms with van der Waals surface area (Å²) in [5.74, 6) is 3.19. The largest absolute Gasteiger partial charge is 0.496 e. The van der Waals surface area contributed by atoms with E-state index in [4.69, 9.17) is 60.5 Å². The van der Waals surface area contributed by atoms with Gasteiger partial charge in [0.05, 0.1) is 100 Å². The summed E-state index contributed by atoms with van der Waals surface area (Å²) < 4.78 is 88.2. The van der Waals surface area contributed by atoms with Crippen LogP contribution >= 0.6 is 11.6 Å². The molecule has 4 aromatic rings. The molecule has 0 aromatic carbocycles. The lowest BCUT2D eigenvalue weighted by Crippen LogP contribution is -2.47. The van der Waals surface area contributed by atoms with Crippen LogP contribution in [0.3, 0.4) is 0 Å². The van der Waals surface area contributed by atoms with E-state index in [1.165, 1.54) is 30.9 Å². The standard InChI is InChI=1S/C20H24F2N6O2.C15H22BF2N3O2.C14H19ClN4O2/c21-19(22)14-7-17(23)24-9-15(14)16-8-18(27-3-5-29-6-4-27)26-20(25-16)28-12-1-2-13(28)11-30-10-12;1-14(2)15(3,4)23-16(22-14)11-8-19-12(20-9-21(5)6)7-10(11)13(17)18;15-12-7-13(18-3-5-20-6-4-18)17-14(16-12)19-10-1-2-11(19)9-21-8-10/h7-9,12-13,19H,1-6,10-11H2,(H2,23,24);7-9,13H,1-6H3;7,10-11H,1-6,8-9H2. The predicted molar refractivity (Wildman–Crippen MR) is 275 cm³/mol. The van der Waals surface area contributed by atoms with Crippen LogP contribution in [0.25, 0.3) is 11.3 Å². The van der Waals surface area contributed by atoms with Crippen LogP contribution in [0.2, 0.25) is 5.15 Å². The van der Waals surface area contributed by atoms with Gasteiger partial charge in [0.2, 0.25) is 11.9 Å². The van der Waals surface area contributed by atoms with Crippen molar-refractivity contribution in [3.8, 4) is 11.3 Å². The molecule has 4 atom stereocenters. The van der Waals surface area contributed by atoms with E-state index in [2.05, 4.69) is 39.5 Å². The number of nitrogens with two attached hydrogens (primary N) is 1. The Morgan fingerprint density at radius 3 is 1.68 bits per heavy atom. The van der Waals surface area contributed by atoms with Crippen LogP contribution in [0.4, 0.5) is 52.7 Å². The van der Waals surface area contributed by atoms with E-state index in [1.54, 1.807) is 25.1 Å². The molecule has 4 unspecified atom stereocenters. The Morgan fingerprint density at radius 2 is 1.18 bits per heavy atom. The van der Waals surface area contributed by atoms with Gasteiger partial charge in [-0.3, -0.25) is 0 Å². The number of aliphatic imine (C=N–C) groups is 1. The highest BCUT2D eigenvalue weighted by molar-refractivity contribution is 6.62. The maximum absolute atomic E-state index is 13.8. The summed E-state index contributed by atoms with van der Waals surface area (Å²) in [6.07, 6.45) is 3.20. The van der Waals surface area contributed by atoms with Gasteiger partial charge in [0, 0.05) is 87.0 Å². The Labute approximate surface area is 434 Å². The van der Waals surface area contributed by atoms with Crippen molar-refractivity contribution in [1.29, 1.82) is 0 Å². The third kappa shape index (κ3) is 12.1. The molecule has 19 nitrogen and oxygen atoms in total. The van der Waals surface area contributed by atoms with Crippen LogP contribution in [0.1, 0.15) is 77.4 Å². The van der Waals surface area contributed by atoms with E-state index in [9.17, 15) is 17.6 Å². The Kier molecular flexibility index (Phi) is 16.6. The Balaban J connectivity index is 0.000000139. The molecule has 7 aliphatic rings. The Bertz CT molecular complexity index is 2550. The number of fused-ring (bicyclic) bond motifs is 4. The summed E-state index contributed by atoms with van der Waals surface area (Å²) in [5, 5.41) is 0.507. The van der Waals surface area contributed by atoms with Crippen molar-refractivity contribution in [2.75, 3.05) is 118 Å². The highest BCUT2D eigenvalue weighted by Gasteiger charge is 2.53. The number of morpholine rings is 4. The van der Waals surface area contributed by atoms with E-state index in [0.29, 0.717) is 74.2 Å². The quantitative estimate of drug-likeness (QED) is 0.0627. The van der Waals surface area contributed by atoms with E-state index in [-0.39, 0.29) is 45.9 Å². The molecule has 74 heavy (non-hydrogen) atoms. The first kappa shape index (κ1) is 53.6. The van der Waals surface area contributed by atoms with Gasteiger partial charge in [-0.15, -0.1) is 0 Å². The Morgan fingerprint density at radius 1 is 0.676 bits per heavy atom. The first-order valence-corrected chi connectivity index (χ1v) is 25.5. The lowest BCUT2D eigenvalue weighted by molar-refractivity contribution is 0.00578. The topological polar surface area (TPSA) is 187 Å². The van der Waals surface area contributed by atoms with Crippen molar-refractivity contribution in [2.24, 2.45) is 4.99 Å². The molecule has 7 fully saturated rings. The van der Waals surface area contributed by atoms with Gasteiger partial charge in [-0.1, -0.05) is 11.6 Å². The van der Waals surface area contributed by atoms with Gasteiger partial charge in [0.1, 0.15) is 22.6 Å². The number of nitrogen functional groups attached to an aromatic ring is 1. The molecular formula is C49H65BClF4N13O6. The van der Waals surface area contributed by atoms with Crippen molar-refractivity contribution in [2.45, 2.75) is 102 Å². The van der Waals surface area contributed by atoms with Gasteiger partial charge < -0.3 is 58.5 Å². The Hall–Kier alpha value is -5.24. The van der Waals surface area contributed by atoms with E-state index in [1.807, 2.05) is 33.8 Å². The number of anilines is 5. The normalized spacial score (nSPS) is 24.1. The monoisotopic (exact) mass is 1050 g/mol. The first-order valence-electron chi connectivity index (χ1n) is 25.1. The molecule has 0 spiro atoms. The van der Waals surface area contributed by atoms with Gasteiger partial charge >= 0.3 is 7.12 Å². The molecule has 400 valence electrons. The van der Waals surface area contributed by atoms with E-state index < -0.39 is 31.2 Å². The zero-order valence-corrected chi connectivity index (χ0v) is 43.4. The predicted octanol–water partition coefficient (Wildman–Crippen LogP) is 6.14.